The van der Waals surface area contributed by atoms with Crippen LogP contribution in [0.3, 0.4) is 0 Å². The van der Waals surface area contributed by atoms with Crippen molar-refractivity contribution in [3.8, 4) is 0 Å². The molecule has 2 aromatic rings. The smallest absolute Gasteiger partial charge is 0.258 e. The van der Waals surface area contributed by atoms with Crippen LogP contribution >= 0.6 is 0 Å². The van der Waals surface area contributed by atoms with E-state index in [1.54, 1.807) is 6.07 Å². The molecule has 5 heteroatoms. The minimum atomic E-state index is -0.263. The van der Waals surface area contributed by atoms with Gasteiger partial charge in [-0.2, -0.15) is 0 Å². The molecule has 0 atom stereocenters. The molecule has 2 amide bonds. The van der Waals surface area contributed by atoms with Gasteiger partial charge in [-0.1, -0.05) is 18.9 Å². The predicted octanol–water partition coefficient (Wildman–Crippen LogP) is 3.97. The fourth-order valence-electron chi connectivity index (χ4n) is 2.88. The Balaban J connectivity index is 1.77. The largest absolute Gasteiger partial charge is 0.472 e. The molecule has 0 aliphatic heterocycles. The van der Waals surface area contributed by atoms with Gasteiger partial charge < -0.3 is 15.1 Å². The number of nitrogens with one attached hydrogen (secondary N) is 2. The minimum absolute atomic E-state index is 0.0326. The number of hydrogen-bond acceptors (Lipinski definition) is 3. The highest BCUT2D eigenvalue weighted by Crippen LogP contribution is 2.29. The maximum Gasteiger partial charge on any atom is 0.258 e. The van der Waals surface area contributed by atoms with Gasteiger partial charge in [-0.15, -0.1) is 0 Å². The van der Waals surface area contributed by atoms with Crippen LogP contribution in [0, 0.1) is 12.8 Å². The van der Waals surface area contributed by atoms with Crippen molar-refractivity contribution in [1.82, 2.24) is 0 Å². The molecular formula is C18H20N2O3. The van der Waals surface area contributed by atoms with E-state index in [1.165, 1.54) is 12.5 Å². The van der Waals surface area contributed by atoms with Gasteiger partial charge in [0.2, 0.25) is 5.91 Å². The van der Waals surface area contributed by atoms with Crippen molar-refractivity contribution in [3.63, 3.8) is 0 Å². The average Bonchev–Trinajstić information content (AvgIpc) is 3.23. The molecule has 23 heavy (non-hydrogen) atoms. The van der Waals surface area contributed by atoms with Gasteiger partial charge in [0.05, 0.1) is 23.2 Å². The summed E-state index contributed by atoms with van der Waals surface area (Å²) >= 11 is 0. The zero-order chi connectivity index (χ0) is 16.2. The number of amides is 2. The molecule has 0 spiro atoms. The third kappa shape index (κ3) is 3.62. The summed E-state index contributed by atoms with van der Waals surface area (Å²) in [5.41, 5.74) is 2.68. The van der Waals surface area contributed by atoms with Gasteiger partial charge >= 0.3 is 0 Å². The SMILES string of the molecule is Cc1ccc(NC(=O)C2CCCC2)c(NC(=O)c2ccoc2)c1. The Bertz CT molecular complexity index is 701. The van der Waals surface area contributed by atoms with Crippen LogP contribution in [0.2, 0.25) is 0 Å². The monoisotopic (exact) mass is 312 g/mol. The number of carbonyl (C=O) groups is 2. The second-order valence-electron chi connectivity index (χ2n) is 5.99. The molecule has 2 N–H and O–H groups in total. The third-order valence-electron chi connectivity index (χ3n) is 4.19. The van der Waals surface area contributed by atoms with Crippen molar-refractivity contribution >= 4 is 23.2 Å². The van der Waals surface area contributed by atoms with Gasteiger partial charge in [0, 0.05) is 5.92 Å². The number of carbonyl (C=O) groups excluding carboxylic acids is 2. The van der Waals surface area contributed by atoms with E-state index in [4.69, 9.17) is 4.42 Å². The summed E-state index contributed by atoms with van der Waals surface area (Å²) in [7, 11) is 0. The van der Waals surface area contributed by atoms with Gasteiger partial charge in [-0.3, -0.25) is 9.59 Å². The Morgan fingerprint density at radius 2 is 1.87 bits per heavy atom. The fourth-order valence-corrected chi connectivity index (χ4v) is 2.88. The molecule has 1 aliphatic rings. The number of furan rings is 1. The predicted molar refractivity (Wildman–Crippen MR) is 88.4 cm³/mol. The summed E-state index contributed by atoms with van der Waals surface area (Å²) in [5.74, 6) is -0.153. The molecule has 0 radical (unpaired) electrons. The Labute approximate surface area is 135 Å². The first kappa shape index (κ1) is 15.3. The molecule has 120 valence electrons. The lowest BCUT2D eigenvalue weighted by Gasteiger charge is -2.15. The lowest BCUT2D eigenvalue weighted by molar-refractivity contribution is -0.119. The molecule has 0 saturated heterocycles. The maximum atomic E-state index is 12.3. The minimum Gasteiger partial charge on any atom is -0.472 e. The summed E-state index contributed by atoms with van der Waals surface area (Å²) in [5, 5.41) is 5.79. The van der Waals surface area contributed by atoms with Crippen LogP contribution in [-0.4, -0.2) is 11.8 Å². The van der Waals surface area contributed by atoms with Gasteiger partial charge in [-0.25, -0.2) is 0 Å². The fraction of sp³-hybridized carbons (Fsp3) is 0.333. The summed E-state index contributed by atoms with van der Waals surface area (Å²) in [4.78, 5) is 24.5. The molecule has 1 aliphatic carbocycles. The highest BCUT2D eigenvalue weighted by molar-refractivity contribution is 6.07. The van der Waals surface area contributed by atoms with Crippen molar-refractivity contribution in [2.24, 2.45) is 5.92 Å². The lowest BCUT2D eigenvalue weighted by atomic mass is 10.1. The van der Waals surface area contributed by atoms with Crippen molar-refractivity contribution in [2.45, 2.75) is 32.6 Å². The summed E-state index contributed by atoms with van der Waals surface area (Å²) < 4.78 is 4.93. The zero-order valence-corrected chi connectivity index (χ0v) is 13.1. The maximum absolute atomic E-state index is 12.3. The molecule has 1 aromatic heterocycles. The van der Waals surface area contributed by atoms with Crippen LogP contribution in [0.5, 0.6) is 0 Å². The van der Waals surface area contributed by atoms with Crippen molar-refractivity contribution < 1.29 is 14.0 Å². The van der Waals surface area contributed by atoms with Crippen LogP contribution in [0.1, 0.15) is 41.6 Å². The number of rotatable bonds is 4. The molecular weight excluding hydrogens is 292 g/mol. The van der Waals surface area contributed by atoms with Crippen molar-refractivity contribution in [1.29, 1.82) is 0 Å². The standard InChI is InChI=1S/C18H20N2O3/c1-12-6-7-15(19-17(21)13-4-2-3-5-13)16(10-12)20-18(22)14-8-9-23-11-14/h6-11,13H,2-5H2,1H3,(H,19,21)(H,20,22). The van der Waals surface area contributed by atoms with E-state index >= 15 is 0 Å². The van der Waals surface area contributed by atoms with E-state index in [1.807, 2.05) is 25.1 Å². The summed E-state index contributed by atoms with van der Waals surface area (Å²) in [6.07, 6.45) is 6.94. The Kier molecular flexibility index (Phi) is 4.46. The first-order valence-electron chi connectivity index (χ1n) is 7.88. The van der Waals surface area contributed by atoms with E-state index in [0.29, 0.717) is 16.9 Å². The Hall–Kier alpha value is -2.56. The second-order valence-corrected chi connectivity index (χ2v) is 5.99. The highest BCUT2D eigenvalue weighted by Gasteiger charge is 2.23. The van der Waals surface area contributed by atoms with Crippen LogP contribution in [-0.2, 0) is 4.79 Å². The van der Waals surface area contributed by atoms with Gasteiger partial charge in [0.15, 0.2) is 0 Å². The molecule has 3 rings (SSSR count). The summed E-state index contributed by atoms with van der Waals surface area (Å²) in [6.45, 7) is 1.94. The lowest BCUT2D eigenvalue weighted by Crippen LogP contribution is -2.22. The van der Waals surface area contributed by atoms with Crippen molar-refractivity contribution in [2.75, 3.05) is 10.6 Å². The van der Waals surface area contributed by atoms with E-state index in [2.05, 4.69) is 10.6 Å². The zero-order valence-electron chi connectivity index (χ0n) is 13.1. The quantitative estimate of drug-likeness (QED) is 0.897. The number of aryl methyl sites for hydroxylation is 1. The van der Waals surface area contributed by atoms with Crippen LogP contribution in [0.25, 0.3) is 0 Å². The van der Waals surface area contributed by atoms with E-state index in [-0.39, 0.29) is 17.7 Å². The van der Waals surface area contributed by atoms with Crippen LogP contribution in [0.4, 0.5) is 11.4 Å². The Morgan fingerprint density at radius 1 is 1.09 bits per heavy atom. The molecule has 0 bridgehead atoms. The highest BCUT2D eigenvalue weighted by atomic mass is 16.3. The number of anilines is 2. The van der Waals surface area contributed by atoms with Gasteiger partial charge in [-0.05, 0) is 43.5 Å². The molecule has 1 heterocycles. The van der Waals surface area contributed by atoms with E-state index in [9.17, 15) is 9.59 Å². The van der Waals surface area contributed by atoms with Crippen LogP contribution in [0.15, 0.2) is 41.2 Å². The molecule has 0 unspecified atom stereocenters. The molecule has 5 nitrogen and oxygen atoms in total. The first-order chi connectivity index (χ1) is 11.1. The molecule has 1 fully saturated rings. The normalized spacial score (nSPS) is 14.7. The van der Waals surface area contributed by atoms with E-state index in [0.717, 1.165) is 31.2 Å². The Morgan fingerprint density at radius 3 is 2.57 bits per heavy atom. The topological polar surface area (TPSA) is 71.3 Å². The van der Waals surface area contributed by atoms with Crippen LogP contribution < -0.4 is 10.6 Å². The first-order valence-corrected chi connectivity index (χ1v) is 7.88. The number of hydrogen-bond donors (Lipinski definition) is 2. The third-order valence-corrected chi connectivity index (χ3v) is 4.19. The van der Waals surface area contributed by atoms with Gasteiger partial charge in [0.25, 0.3) is 5.91 Å². The second kappa shape index (κ2) is 6.69. The van der Waals surface area contributed by atoms with E-state index < -0.39 is 0 Å². The van der Waals surface area contributed by atoms with Crippen molar-refractivity contribution in [3.05, 3.63) is 47.9 Å². The average molecular weight is 312 g/mol. The number of benzene rings is 1. The molecule has 1 saturated carbocycles. The summed E-state index contributed by atoms with van der Waals surface area (Å²) in [6, 6.07) is 7.19. The van der Waals surface area contributed by atoms with Gasteiger partial charge in [0.1, 0.15) is 6.26 Å². The molecule has 1 aromatic carbocycles.